The quantitative estimate of drug-likeness (QED) is 0.347. The van der Waals surface area contributed by atoms with Crippen molar-refractivity contribution in [2.75, 3.05) is 13.2 Å². The van der Waals surface area contributed by atoms with Crippen LogP contribution in [0.1, 0.15) is 18.6 Å². The SMILES string of the molecule is O=[N+]([O-])c1cccc(-c2ccc(/C=N\NC(=S)NC[C@H]3CCCO3)o2)c1. The lowest BCUT2D eigenvalue weighted by Gasteiger charge is -2.11. The molecule has 2 N–H and O–H groups in total. The third-order valence-corrected chi connectivity index (χ3v) is 4.08. The number of nitrogens with zero attached hydrogens (tertiary/aromatic N) is 2. The van der Waals surface area contributed by atoms with E-state index in [1.807, 2.05) is 0 Å². The molecule has 9 heteroatoms. The molecule has 2 aromatic rings. The van der Waals surface area contributed by atoms with Crippen LogP contribution < -0.4 is 10.7 Å². The van der Waals surface area contributed by atoms with Crippen LogP contribution in [-0.2, 0) is 4.74 Å². The molecular formula is C17H18N4O4S. The highest BCUT2D eigenvalue weighted by atomic mass is 32.1. The van der Waals surface area contributed by atoms with Crippen LogP contribution in [0.5, 0.6) is 0 Å². The largest absolute Gasteiger partial charge is 0.455 e. The van der Waals surface area contributed by atoms with E-state index in [2.05, 4.69) is 15.8 Å². The van der Waals surface area contributed by atoms with Crippen LogP contribution in [0.25, 0.3) is 11.3 Å². The molecule has 26 heavy (non-hydrogen) atoms. The Morgan fingerprint density at radius 1 is 1.42 bits per heavy atom. The van der Waals surface area contributed by atoms with Crippen LogP contribution in [0, 0.1) is 10.1 Å². The number of non-ortho nitro benzene ring substituents is 1. The maximum Gasteiger partial charge on any atom is 0.270 e. The second-order valence-electron chi connectivity index (χ2n) is 5.72. The summed E-state index contributed by atoms with van der Waals surface area (Å²) >= 11 is 5.14. The highest BCUT2D eigenvalue weighted by Crippen LogP contribution is 2.25. The van der Waals surface area contributed by atoms with E-state index >= 15 is 0 Å². The fourth-order valence-electron chi connectivity index (χ4n) is 2.56. The number of ether oxygens (including phenoxy) is 1. The molecule has 1 aliphatic heterocycles. The molecule has 0 spiro atoms. The van der Waals surface area contributed by atoms with Crippen LogP contribution in [0.2, 0.25) is 0 Å². The monoisotopic (exact) mass is 374 g/mol. The van der Waals surface area contributed by atoms with Gasteiger partial charge in [0.05, 0.1) is 17.2 Å². The van der Waals surface area contributed by atoms with Gasteiger partial charge in [0, 0.05) is 30.8 Å². The van der Waals surface area contributed by atoms with E-state index in [1.54, 1.807) is 24.3 Å². The van der Waals surface area contributed by atoms with Gasteiger partial charge in [0.2, 0.25) is 0 Å². The molecule has 0 aliphatic carbocycles. The van der Waals surface area contributed by atoms with Crippen molar-refractivity contribution in [3.63, 3.8) is 0 Å². The Kier molecular flexibility index (Phi) is 5.92. The fraction of sp³-hybridized carbons (Fsp3) is 0.294. The first kappa shape index (κ1) is 18.0. The first-order valence-corrected chi connectivity index (χ1v) is 8.56. The van der Waals surface area contributed by atoms with Crippen LogP contribution in [0.3, 0.4) is 0 Å². The summed E-state index contributed by atoms with van der Waals surface area (Å²) in [5.41, 5.74) is 3.35. The molecule has 3 rings (SSSR count). The van der Waals surface area contributed by atoms with E-state index in [0.717, 1.165) is 19.4 Å². The summed E-state index contributed by atoms with van der Waals surface area (Å²) in [5.74, 6) is 1.02. The van der Waals surface area contributed by atoms with Crippen LogP contribution in [-0.4, -0.2) is 35.5 Å². The number of hydrogen-bond donors (Lipinski definition) is 2. The zero-order valence-corrected chi connectivity index (χ0v) is 14.7. The predicted molar refractivity (Wildman–Crippen MR) is 101 cm³/mol. The highest BCUT2D eigenvalue weighted by molar-refractivity contribution is 7.80. The summed E-state index contributed by atoms with van der Waals surface area (Å²) in [6.45, 7) is 1.45. The molecule has 136 valence electrons. The molecule has 1 aromatic heterocycles. The van der Waals surface area contributed by atoms with Gasteiger partial charge >= 0.3 is 0 Å². The lowest BCUT2D eigenvalue weighted by atomic mass is 10.1. The van der Waals surface area contributed by atoms with Gasteiger partial charge in [0.1, 0.15) is 11.5 Å². The number of rotatable bonds is 6. The van der Waals surface area contributed by atoms with Crippen molar-refractivity contribution >= 4 is 29.2 Å². The molecule has 1 aromatic carbocycles. The smallest absolute Gasteiger partial charge is 0.270 e. The van der Waals surface area contributed by atoms with Gasteiger partial charge in [-0.05, 0) is 37.2 Å². The molecule has 8 nitrogen and oxygen atoms in total. The number of hydrazone groups is 1. The topological polar surface area (TPSA) is 102 Å². The number of furan rings is 1. The first-order valence-electron chi connectivity index (χ1n) is 8.15. The summed E-state index contributed by atoms with van der Waals surface area (Å²) in [5, 5.41) is 18.3. The van der Waals surface area contributed by atoms with Crippen LogP contribution >= 0.6 is 12.2 Å². The lowest BCUT2D eigenvalue weighted by Crippen LogP contribution is -2.37. The Morgan fingerprint density at radius 3 is 3.08 bits per heavy atom. The molecule has 0 saturated carbocycles. The van der Waals surface area contributed by atoms with Crippen molar-refractivity contribution in [2.45, 2.75) is 18.9 Å². The van der Waals surface area contributed by atoms with E-state index in [0.29, 0.717) is 28.7 Å². The molecule has 1 saturated heterocycles. The molecule has 1 aliphatic rings. The predicted octanol–water partition coefficient (Wildman–Crippen LogP) is 2.83. The number of nitrogens with one attached hydrogen (secondary N) is 2. The summed E-state index contributed by atoms with van der Waals surface area (Å²) in [6, 6.07) is 9.71. The maximum absolute atomic E-state index is 10.9. The van der Waals surface area contributed by atoms with Crippen molar-refractivity contribution in [1.29, 1.82) is 0 Å². The van der Waals surface area contributed by atoms with Crippen LogP contribution in [0.4, 0.5) is 5.69 Å². The molecule has 0 radical (unpaired) electrons. The van der Waals surface area contributed by atoms with Crippen molar-refractivity contribution in [3.8, 4) is 11.3 Å². The fourth-order valence-corrected chi connectivity index (χ4v) is 2.69. The van der Waals surface area contributed by atoms with Gasteiger partial charge in [-0.15, -0.1) is 0 Å². The molecule has 1 fully saturated rings. The van der Waals surface area contributed by atoms with Crippen molar-refractivity contribution in [2.24, 2.45) is 5.10 Å². The Morgan fingerprint density at radius 2 is 2.31 bits per heavy atom. The first-order chi connectivity index (χ1) is 12.6. The second-order valence-corrected chi connectivity index (χ2v) is 6.13. The van der Waals surface area contributed by atoms with E-state index < -0.39 is 4.92 Å². The minimum atomic E-state index is -0.441. The molecule has 2 heterocycles. The lowest BCUT2D eigenvalue weighted by molar-refractivity contribution is -0.384. The highest BCUT2D eigenvalue weighted by Gasteiger charge is 2.15. The number of thiocarbonyl (C=S) groups is 1. The summed E-state index contributed by atoms with van der Waals surface area (Å²) in [6.07, 6.45) is 3.80. The Bertz CT molecular complexity index is 815. The van der Waals surface area contributed by atoms with Gasteiger partial charge in [-0.3, -0.25) is 15.5 Å². The number of nitro benzene ring substituents is 1. The van der Waals surface area contributed by atoms with E-state index in [-0.39, 0.29) is 11.8 Å². The van der Waals surface area contributed by atoms with E-state index in [4.69, 9.17) is 21.4 Å². The Hall–Kier alpha value is -2.78. The molecule has 0 amide bonds. The van der Waals surface area contributed by atoms with E-state index in [1.165, 1.54) is 18.3 Å². The number of hydrogen-bond acceptors (Lipinski definition) is 6. The average Bonchev–Trinajstić information content (AvgIpc) is 3.32. The van der Waals surface area contributed by atoms with Gasteiger partial charge in [0.25, 0.3) is 5.69 Å². The van der Waals surface area contributed by atoms with Crippen molar-refractivity contribution < 1.29 is 14.1 Å². The third kappa shape index (κ3) is 4.87. The van der Waals surface area contributed by atoms with E-state index in [9.17, 15) is 10.1 Å². The average molecular weight is 374 g/mol. The zero-order valence-electron chi connectivity index (χ0n) is 13.9. The molecule has 0 unspecified atom stereocenters. The van der Waals surface area contributed by atoms with Crippen molar-refractivity contribution in [3.05, 3.63) is 52.3 Å². The summed E-state index contributed by atoms with van der Waals surface area (Å²) in [7, 11) is 0. The second kappa shape index (κ2) is 8.54. The molecule has 0 bridgehead atoms. The Balaban J connectivity index is 1.53. The molecule has 1 atom stereocenters. The van der Waals surface area contributed by atoms with Crippen LogP contribution in [0.15, 0.2) is 45.9 Å². The van der Waals surface area contributed by atoms with Crippen molar-refractivity contribution in [1.82, 2.24) is 10.7 Å². The van der Waals surface area contributed by atoms with Gasteiger partial charge in [0.15, 0.2) is 5.11 Å². The summed E-state index contributed by atoms with van der Waals surface area (Å²) in [4.78, 5) is 10.4. The normalized spacial score (nSPS) is 16.7. The number of benzene rings is 1. The minimum Gasteiger partial charge on any atom is -0.455 e. The third-order valence-electron chi connectivity index (χ3n) is 3.84. The van der Waals surface area contributed by atoms with Gasteiger partial charge in [-0.2, -0.15) is 5.10 Å². The maximum atomic E-state index is 10.9. The zero-order chi connectivity index (χ0) is 18.4. The van der Waals surface area contributed by atoms with Gasteiger partial charge in [-0.25, -0.2) is 0 Å². The molecular weight excluding hydrogens is 356 g/mol. The number of nitro groups is 1. The summed E-state index contributed by atoms with van der Waals surface area (Å²) < 4.78 is 11.1. The standard InChI is InChI=1S/C17H18N4O4S/c22-21(23)13-4-1-3-12(9-13)16-7-6-15(25-16)11-19-20-17(26)18-10-14-5-2-8-24-14/h1,3-4,6-7,9,11,14H,2,5,8,10H2,(H2,18,20,26)/b19-11-/t14-/m1/s1. The Labute approximate surface area is 155 Å². The van der Waals surface area contributed by atoms with Gasteiger partial charge in [-0.1, -0.05) is 12.1 Å². The minimum absolute atomic E-state index is 0.0125. The van der Waals surface area contributed by atoms with Gasteiger partial charge < -0.3 is 14.5 Å².